The van der Waals surface area contributed by atoms with Crippen molar-refractivity contribution in [2.24, 2.45) is 0 Å². The van der Waals surface area contributed by atoms with Crippen LogP contribution < -0.4 is 11.1 Å². The van der Waals surface area contributed by atoms with Crippen molar-refractivity contribution in [2.75, 3.05) is 11.1 Å². The highest BCUT2D eigenvalue weighted by molar-refractivity contribution is 5.99. The third kappa shape index (κ3) is 3.18. The molecule has 0 bridgehead atoms. The van der Waals surface area contributed by atoms with E-state index >= 15 is 0 Å². The monoisotopic (exact) mass is 268 g/mol. The molecule has 0 spiro atoms. The Kier molecular flexibility index (Phi) is 4.41. The molecule has 3 N–H and O–H groups in total. The molecule has 0 fully saturated rings. The number of nitrogens with one attached hydrogen (secondary N) is 1. The number of nitrogen functional groups attached to an aromatic ring is 1. The molecule has 0 aromatic heterocycles. The molecule has 0 radical (unpaired) electrons. The Morgan fingerprint density at radius 3 is 2.45 bits per heavy atom. The number of anilines is 2. The molecule has 1 unspecified atom stereocenters. The lowest BCUT2D eigenvalue weighted by Gasteiger charge is -2.19. The van der Waals surface area contributed by atoms with Gasteiger partial charge < -0.3 is 11.1 Å². The smallest absolute Gasteiger partial charge is 0.161 e. The van der Waals surface area contributed by atoms with E-state index in [1.807, 2.05) is 30.3 Å². The second-order valence-corrected chi connectivity index (χ2v) is 4.87. The second-order valence-electron chi connectivity index (χ2n) is 4.87. The van der Waals surface area contributed by atoms with Crippen molar-refractivity contribution in [3.63, 3.8) is 0 Å². The molecular weight excluding hydrogens is 248 g/mol. The van der Waals surface area contributed by atoms with Crippen LogP contribution in [0.1, 0.15) is 42.2 Å². The zero-order valence-electron chi connectivity index (χ0n) is 11.9. The van der Waals surface area contributed by atoms with Crippen LogP contribution in [-0.2, 0) is 0 Å². The molecule has 20 heavy (non-hydrogen) atoms. The maximum absolute atomic E-state index is 11.4. The van der Waals surface area contributed by atoms with E-state index in [-0.39, 0.29) is 11.8 Å². The van der Waals surface area contributed by atoms with E-state index in [2.05, 4.69) is 24.4 Å². The van der Waals surface area contributed by atoms with Gasteiger partial charge in [0.15, 0.2) is 5.78 Å². The standard InChI is InChI=1S/C17H20N2O/c1-3-17(13-7-5-4-6-8-13)19-14-9-10-15(12(2)20)16(18)11-14/h4-11,17,19H,3,18H2,1-2H3. The predicted molar refractivity (Wildman–Crippen MR) is 84.0 cm³/mol. The minimum Gasteiger partial charge on any atom is -0.398 e. The van der Waals surface area contributed by atoms with Crippen molar-refractivity contribution < 1.29 is 4.79 Å². The van der Waals surface area contributed by atoms with Gasteiger partial charge in [-0.3, -0.25) is 4.79 Å². The van der Waals surface area contributed by atoms with Gasteiger partial charge in [-0.1, -0.05) is 37.3 Å². The molecule has 3 nitrogen and oxygen atoms in total. The van der Waals surface area contributed by atoms with E-state index in [1.165, 1.54) is 12.5 Å². The summed E-state index contributed by atoms with van der Waals surface area (Å²) in [7, 11) is 0. The van der Waals surface area contributed by atoms with Crippen LogP contribution in [0.4, 0.5) is 11.4 Å². The SMILES string of the molecule is CCC(Nc1ccc(C(C)=O)c(N)c1)c1ccccc1. The van der Waals surface area contributed by atoms with Crippen LogP contribution >= 0.6 is 0 Å². The number of hydrogen-bond donors (Lipinski definition) is 2. The fourth-order valence-electron chi connectivity index (χ4n) is 2.28. The van der Waals surface area contributed by atoms with Gasteiger partial charge in [-0.05, 0) is 37.1 Å². The Balaban J connectivity index is 2.20. The normalized spacial score (nSPS) is 11.9. The number of rotatable bonds is 5. The first-order valence-corrected chi connectivity index (χ1v) is 6.83. The van der Waals surface area contributed by atoms with Gasteiger partial charge >= 0.3 is 0 Å². The molecule has 0 amide bonds. The van der Waals surface area contributed by atoms with Crippen LogP contribution in [0.25, 0.3) is 0 Å². The third-order valence-corrected chi connectivity index (χ3v) is 3.38. The number of benzene rings is 2. The quantitative estimate of drug-likeness (QED) is 0.635. The summed E-state index contributed by atoms with van der Waals surface area (Å²) >= 11 is 0. The van der Waals surface area contributed by atoms with Gasteiger partial charge in [0.1, 0.15) is 0 Å². The summed E-state index contributed by atoms with van der Waals surface area (Å²) in [4.78, 5) is 11.4. The van der Waals surface area contributed by atoms with E-state index in [4.69, 9.17) is 5.73 Å². The Labute approximate surface area is 119 Å². The molecule has 2 rings (SSSR count). The number of carbonyl (C=O) groups excluding carboxylic acids is 1. The Hall–Kier alpha value is -2.29. The van der Waals surface area contributed by atoms with Crippen molar-refractivity contribution in [1.29, 1.82) is 0 Å². The van der Waals surface area contributed by atoms with E-state index < -0.39 is 0 Å². The maximum atomic E-state index is 11.4. The van der Waals surface area contributed by atoms with E-state index in [1.54, 1.807) is 6.07 Å². The van der Waals surface area contributed by atoms with Crippen molar-refractivity contribution in [3.05, 3.63) is 59.7 Å². The molecule has 0 saturated heterocycles. The minimum atomic E-state index is -0.0100. The summed E-state index contributed by atoms with van der Waals surface area (Å²) in [5.41, 5.74) is 9.18. The van der Waals surface area contributed by atoms with Crippen LogP contribution in [0.5, 0.6) is 0 Å². The molecule has 0 heterocycles. The van der Waals surface area contributed by atoms with Gasteiger partial charge in [0.05, 0.1) is 6.04 Å². The average molecular weight is 268 g/mol. The Morgan fingerprint density at radius 1 is 1.20 bits per heavy atom. The maximum Gasteiger partial charge on any atom is 0.161 e. The number of hydrogen-bond acceptors (Lipinski definition) is 3. The van der Waals surface area contributed by atoms with Gasteiger partial charge in [0.25, 0.3) is 0 Å². The topological polar surface area (TPSA) is 55.1 Å². The van der Waals surface area contributed by atoms with Crippen LogP contribution in [0.15, 0.2) is 48.5 Å². The summed E-state index contributed by atoms with van der Waals surface area (Å²) in [6, 6.07) is 16.0. The molecule has 1 atom stereocenters. The molecule has 3 heteroatoms. The third-order valence-electron chi connectivity index (χ3n) is 3.38. The Bertz CT molecular complexity index is 593. The van der Waals surface area contributed by atoms with Crippen molar-refractivity contribution in [1.82, 2.24) is 0 Å². The highest BCUT2D eigenvalue weighted by Crippen LogP contribution is 2.25. The molecule has 0 aliphatic carbocycles. The van der Waals surface area contributed by atoms with Gasteiger partial charge in [0.2, 0.25) is 0 Å². The summed E-state index contributed by atoms with van der Waals surface area (Å²) in [6.45, 7) is 3.66. The highest BCUT2D eigenvalue weighted by atomic mass is 16.1. The average Bonchev–Trinajstić information content (AvgIpc) is 2.45. The van der Waals surface area contributed by atoms with Crippen LogP contribution in [-0.4, -0.2) is 5.78 Å². The van der Waals surface area contributed by atoms with Crippen LogP contribution in [0.3, 0.4) is 0 Å². The number of carbonyl (C=O) groups is 1. The number of Topliss-reactive ketones (excluding diaryl/α,β-unsaturated/α-hetero) is 1. The zero-order valence-corrected chi connectivity index (χ0v) is 11.9. The van der Waals surface area contributed by atoms with Crippen LogP contribution in [0.2, 0.25) is 0 Å². The Morgan fingerprint density at radius 2 is 1.90 bits per heavy atom. The predicted octanol–water partition coefficient (Wildman–Crippen LogP) is 4.03. The number of ketones is 1. The first-order chi connectivity index (χ1) is 9.61. The van der Waals surface area contributed by atoms with Gasteiger partial charge in [-0.25, -0.2) is 0 Å². The van der Waals surface area contributed by atoms with Crippen molar-refractivity contribution in [3.8, 4) is 0 Å². The van der Waals surface area contributed by atoms with E-state index in [9.17, 15) is 4.79 Å². The van der Waals surface area contributed by atoms with E-state index in [0.717, 1.165) is 12.1 Å². The lowest BCUT2D eigenvalue weighted by atomic mass is 10.0. The fraction of sp³-hybridized carbons (Fsp3) is 0.235. The molecule has 0 aliphatic heterocycles. The van der Waals surface area contributed by atoms with Gasteiger partial charge in [-0.2, -0.15) is 0 Å². The largest absolute Gasteiger partial charge is 0.398 e. The molecule has 0 saturated carbocycles. The van der Waals surface area contributed by atoms with Gasteiger partial charge in [-0.15, -0.1) is 0 Å². The molecule has 104 valence electrons. The lowest BCUT2D eigenvalue weighted by molar-refractivity contribution is 0.101. The van der Waals surface area contributed by atoms with Crippen LogP contribution in [0, 0.1) is 0 Å². The summed E-state index contributed by atoms with van der Waals surface area (Å²) in [5, 5.41) is 3.46. The lowest BCUT2D eigenvalue weighted by Crippen LogP contribution is -2.10. The summed E-state index contributed by atoms with van der Waals surface area (Å²) in [6.07, 6.45) is 0.971. The first kappa shape index (κ1) is 14.1. The van der Waals surface area contributed by atoms with Crippen molar-refractivity contribution in [2.45, 2.75) is 26.3 Å². The fourth-order valence-corrected chi connectivity index (χ4v) is 2.28. The van der Waals surface area contributed by atoms with Crippen molar-refractivity contribution >= 4 is 17.2 Å². The summed E-state index contributed by atoms with van der Waals surface area (Å²) < 4.78 is 0. The highest BCUT2D eigenvalue weighted by Gasteiger charge is 2.10. The minimum absolute atomic E-state index is 0.0100. The zero-order chi connectivity index (χ0) is 14.5. The molecule has 2 aromatic carbocycles. The molecular formula is C17H20N2O. The second kappa shape index (κ2) is 6.24. The van der Waals surface area contributed by atoms with E-state index in [0.29, 0.717) is 11.3 Å². The summed E-state index contributed by atoms with van der Waals surface area (Å²) in [5.74, 6) is -0.0100. The molecule has 0 aliphatic rings. The van der Waals surface area contributed by atoms with Gasteiger partial charge in [0, 0.05) is 16.9 Å². The molecule has 2 aromatic rings. The first-order valence-electron chi connectivity index (χ1n) is 6.83. The number of nitrogens with two attached hydrogens (primary N) is 1.